The number of aryl methyl sites for hydroxylation is 1. The lowest BCUT2D eigenvalue weighted by Crippen LogP contribution is -2.21. The fraction of sp³-hybridized carbons (Fsp3) is 0.267. The van der Waals surface area contributed by atoms with Gasteiger partial charge in [-0.15, -0.1) is 0 Å². The van der Waals surface area contributed by atoms with Crippen LogP contribution in [-0.4, -0.2) is 30.3 Å². The molecular formula is C15H17N3O4S. The molecule has 122 valence electrons. The third kappa shape index (κ3) is 4.75. The summed E-state index contributed by atoms with van der Waals surface area (Å²) in [6.07, 6.45) is 1.17. The predicted molar refractivity (Wildman–Crippen MR) is 88.1 cm³/mol. The minimum absolute atomic E-state index is 0.0741. The number of hydrogen-bond donors (Lipinski definition) is 1. The fourth-order valence-electron chi connectivity index (χ4n) is 2.21. The van der Waals surface area contributed by atoms with Crippen LogP contribution in [0.25, 0.3) is 0 Å². The second kappa shape index (κ2) is 6.74. The van der Waals surface area contributed by atoms with E-state index in [-0.39, 0.29) is 17.1 Å². The summed E-state index contributed by atoms with van der Waals surface area (Å²) in [5.41, 5.74) is 0.997. The van der Waals surface area contributed by atoms with Crippen LogP contribution < -0.4 is 5.32 Å². The molecule has 23 heavy (non-hydrogen) atoms. The van der Waals surface area contributed by atoms with E-state index in [1.807, 2.05) is 30.3 Å². The highest BCUT2D eigenvalue weighted by atomic mass is 32.2. The van der Waals surface area contributed by atoms with Crippen LogP contribution in [0.15, 0.2) is 42.5 Å². The average molecular weight is 335 g/mol. The van der Waals surface area contributed by atoms with Crippen molar-refractivity contribution in [3.63, 3.8) is 0 Å². The molecule has 1 N–H and O–H groups in total. The first-order valence-electron chi connectivity index (χ1n) is 6.87. The van der Waals surface area contributed by atoms with Gasteiger partial charge in [0.25, 0.3) is 5.69 Å². The maximum absolute atomic E-state index is 11.7. The number of rotatable bonds is 6. The van der Waals surface area contributed by atoms with Crippen molar-refractivity contribution >= 4 is 21.3 Å². The Hall–Kier alpha value is -2.48. The summed E-state index contributed by atoms with van der Waals surface area (Å²) < 4.78 is 23.3. The number of pyridine rings is 1. The molecule has 0 fully saturated rings. The maximum Gasteiger partial charge on any atom is 0.290 e. The summed E-state index contributed by atoms with van der Waals surface area (Å²) in [4.78, 5) is 14.5. The number of nitrogens with one attached hydrogen (secondary N) is 1. The van der Waals surface area contributed by atoms with E-state index < -0.39 is 20.8 Å². The molecule has 0 unspecified atom stereocenters. The minimum atomic E-state index is -3.22. The van der Waals surface area contributed by atoms with Gasteiger partial charge in [-0.05, 0) is 18.6 Å². The molecular weight excluding hydrogens is 318 g/mol. The molecule has 0 amide bonds. The summed E-state index contributed by atoms with van der Waals surface area (Å²) >= 11 is 0. The normalized spacial score (nSPS) is 12.6. The number of sulfone groups is 1. The molecule has 1 heterocycles. The zero-order valence-corrected chi connectivity index (χ0v) is 13.6. The lowest BCUT2D eigenvalue weighted by atomic mass is 10.1. The van der Waals surface area contributed by atoms with Crippen LogP contribution in [0.4, 0.5) is 11.5 Å². The highest BCUT2D eigenvalue weighted by Crippen LogP contribution is 2.23. The van der Waals surface area contributed by atoms with E-state index in [4.69, 9.17) is 0 Å². The molecule has 0 saturated carbocycles. The molecule has 8 heteroatoms. The summed E-state index contributed by atoms with van der Waals surface area (Å²) in [5.74, 6) is 0.292. The Morgan fingerprint density at radius 3 is 2.39 bits per heavy atom. The van der Waals surface area contributed by atoms with Crippen LogP contribution in [0.2, 0.25) is 0 Å². The molecule has 2 aromatic rings. The second-order valence-corrected chi connectivity index (χ2v) is 7.44. The lowest BCUT2D eigenvalue weighted by molar-refractivity contribution is -0.385. The highest BCUT2D eigenvalue weighted by molar-refractivity contribution is 7.90. The van der Waals surface area contributed by atoms with Gasteiger partial charge < -0.3 is 5.32 Å². The van der Waals surface area contributed by atoms with Gasteiger partial charge in [0.2, 0.25) is 0 Å². The van der Waals surface area contributed by atoms with E-state index in [0.717, 1.165) is 5.56 Å². The lowest BCUT2D eigenvalue weighted by Gasteiger charge is -2.19. The van der Waals surface area contributed by atoms with Gasteiger partial charge in [0.15, 0.2) is 0 Å². The Bertz CT molecular complexity index is 807. The van der Waals surface area contributed by atoms with Crippen LogP contribution in [0.5, 0.6) is 0 Å². The van der Waals surface area contributed by atoms with Gasteiger partial charge in [-0.1, -0.05) is 30.3 Å². The smallest absolute Gasteiger partial charge is 0.290 e. The zero-order valence-electron chi connectivity index (χ0n) is 12.8. The third-order valence-corrected chi connectivity index (χ3v) is 4.19. The van der Waals surface area contributed by atoms with E-state index in [0.29, 0.717) is 5.82 Å². The van der Waals surface area contributed by atoms with E-state index in [9.17, 15) is 18.5 Å². The summed E-state index contributed by atoms with van der Waals surface area (Å²) in [5, 5.41) is 13.9. The first-order valence-corrected chi connectivity index (χ1v) is 8.93. The van der Waals surface area contributed by atoms with Crippen LogP contribution in [0, 0.1) is 17.0 Å². The topological polar surface area (TPSA) is 102 Å². The quantitative estimate of drug-likeness (QED) is 0.643. The molecule has 7 nitrogen and oxygen atoms in total. The van der Waals surface area contributed by atoms with Crippen molar-refractivity contribution < 1.29 is 13.3 Å². The van der Waals surface area contributed by atoms with E-state index in [1.165, 1.54) is 25.3 Å². The van der Waals surface area contributed by atoms with Crippen molar-refractivity contribution in [2.45, 2.75) is 13.0 Å². The van der Waals surface area contributed by atoms with Crippen molar-refractivity contribution in [1.82, 2.24) is 4.98 Å². The van der Waals surface area contributed by atoms with Gasteiger partial charge in [-0.2, -0.15) is 0 Å². The van der Waals surface area contributed by atoms with Gasteiger partial charge in [0.05, 0.1) is 16.7 Å². The van der Waals surface area contributed by atoms with Crippen molar-refractivity contribution in [2.75, 3.05) is 17.3 Å². The fourth-order valence-corrected chi connectivity index (χ4v) is 3.10. The molecule has 0 bridgehead atoms. The number of benzene rings is 1. The summed E-state index contributed by atoms with van der Waals surface area (Å²) in [6, 6.07) is 11.5. The van der Waals surface area contributed by atoms with Crippen molar-refractivity contribution in [1.29, 1.82) is 0 Å². The number of aromatic nitrogens is 1. The maximum atomic E-state index is 11.7. The van der Waals surface area contributed by atoms with E-state index in [2.05, 4.69) is 10.3 Å². The number of hydrogen-bond acceptors (Lipinski definition) is 6. The van der Waals surface area contributed by atoms with Gasteiger partial charge in [-0.25, -0.2) is 13.4 Å². The molecule has 0 aliphatic carbocycles. The first-order chi connectivity index (χ1) is 10.8. The predicted octanol–water partition coefficient (Wildman–Crippen LogP) is 2.50. The largest absolute Gasteiger partial charge is 0.362 e. The minimum Gasteiger partial charge on any atom is -0.362 e. The highest BCUT2D eigenvalue weighted by Gasteiger charge is 2.19. The molecule has 0 radical (unpaired) electrons. The van der Waals surface area contributed by atoms with Gasteiger partial charge in [0.1, 0.15) is 21.3 Å². The van der Waals surface area contributed by atoms with E-state index in [1.54, 1.807) is 0 Å². The van der Waals surface area contributed by atoms with E-state index >= 15 is 0 Å². The Balaban J connectivity index is 2.31. The van der Waals surface area contributed by atoms with Gasteiger partial charge >= 0.3 is 0 Å². The molecule has 1 aromatic carbocycles. The Kier molecular flexibility index (Phi) is 4.95. The Morgan fingerprint density at radius 2 is 1.87 bits per heavy atom. The van der Waals surface area contributed by atoms with Crippen LogP contribution in [0.3, 0.4) is 0 Å². The van der Waals surface area contributed by atoms with Crippen molar-refractivity contribution in [2.24, 2.45) is 0 Å². The summed E-state index contributed by atoms with van der Waals surface area (Å²) in [7, 11) is -3.22. The molecule has 1 atom stereocenters. The zero-order chi connectivity index (χ0) is 17.0. The standard InChI is InChI=1S/C15H17N3O4S/c1-11-14(18(19)20)8-9-15(16-11)17-13(10-23(2,21)22)12-6-4-3-5-7-12/h3-9,13H,10H2,1-2H3,(H,16,17)/t13-/m1/s1. The number of nitro groups is 1. The summed E-state index contributed by atoms with van der Waals surface area (Å²) in [6.45, 7) is 1.54. The van der Waals surface area contributed by atoms with Gasteiger partial charge in [0, 0.05) is 12.3 Å². The number of nitrogens with zero attached hydrogens (tertiary/aromatic N) is 2. The molecule has 1 aromatic heterocycles. The van der Waals surface area contributed by atoms with Crippen LogP contribution in [-0.2, 0) is 9.84 Å². The molecule has 0 aliphatic heterocycles. The van der Waals surface area contributed by atoms with Crippen LogP contribution >= 0.6 is 0 Å². The van der Waals surface area contributed by atoms with Crippen molar-refractivity contribution in [3.05, 3.63) is 63.8 Å². The molecule has 2 rings (SSSR count). The Labute approximate surface area is 134 Å². The first kappa shape index (κ1) is 16.9. The average Bonchev–Trinajstić information content (AvgIpc) is 2.46. The monoisotopic (exact) mass is 335 g/mol. The van der Waals surface area contributed by atoms with Crippen molar-refractivity contribution in [3.8, 4) is 0 Å². The molecule has 0 aliphatic rings. The SMILES string of the molecule is Cc1nc(N[C@H](CS(C)(=O)=O)c2ccccc2)ccc1[N+](=O)[O-]. The second-order valence-electron chi connectivity index (χ2n) is 5.26. The molecule has 0 saturated heterocycles. The van der Waals surface area contributed by atoms with Gasteiger partial charge in [-0.3, -0.25) is 10.1 Å². The molecule has 0 spiro atoms. The number of anilines is 1. The third-order valence-electron chi connectivity index (χ3n) is 3.25. The Morgan fingerprint density at radius 1 is 1.22 bits per heavy atom. The van der Waals surface area contributed by atoms with Crippen LogP contribution in [0.1, 0.15) is 17.3 Å².